The van der Waals surface area contributed by atoms with Crippen LogP contribution in [0.15, 0.2) is 12.4 Å². The van der Waals surface area contributed by atoms with Crippen LogP contribution in [0.25, 0.3) is 12.0 Å². The van der Waals surface area contributed by atoms with E-state index in [-0.39, 0.29) is 31.6 Å². The lowest BCUT2D eigenvalue weighted by atomic mass is 9.96. The van der Waals surface area contributed by atoms with Gasteiger partial charge in [0.1, 0.15) is 12.3 Å². The van der Waals surface area contributed by atoms with Crippen LogP contribution >= 0.6 is 0 Å². The summed E-state index contributed by atoms with van der Waals surface area (Å²) < 4.78 is 7.39. The van der Waals surface area contributed by atoms with Crippen molar-refractivity contribution >= 4 is 23.9 Å². The highest BCUT2D eigenvalue weighted by Gasteiger charge is 2.43. The Morgan fingerprint density at radius 3 is 2.45 bits per heavy atom. The van der Waals surface area contributed by atoms with Crippen LogP contribution in [0.2, 0.25) is 0 Å². The molecule has 0 spiro atoms. The van der Waals surface area contributed by atoms with Crippen LogP contribution in [0.3, 0.4) is 0 Å². The summed E-state index contributed by atoms with van der Waals surface area (Å²) in [5.41, 5.74) is 0.427. The third kappa shape index (κ3) is 4.96. The molecule has 11 heteroatoms. The number of hydrogen-bond donors (Lipinski definition) is 6. The molecule has 0 fully saturated rings. The topological polar surface area (TPSA) is 172 Å². The zero-order valence-corrected chi connectivity index (χ0v) is 16.8. The highest BCUT2D eigenvalue weighted by atomic mass is 16.6. The van der Waals surface area contributed by atoms with Gasteiger partial charge in [0.15, 0.2) is 12.4 Å². The molecular weight excluding hydrogens is 412 g/mol. The Labute approximate surface area is 177 Å². The van der Waals surface area contributed by atoms with E-state index in [2.05, 4.69) is 0 Å². The molecule has 1 aliphatic carbocycles. The molecular formula is C20H27N2O9+. The van der Waals surface area contributed by atoms with Gasteiger partial charge in [0, 0.05) is 30.8 Å². The van der Waals surface area contributed by atoms with Gasteiger partial charge in [0.25, 0.3) is 6.41 Å². The second kappa shape index (κ2) is 9.60. The second-order valence-electron chi connectivity index (χ2n) is 7.67. The van der Waals surface area contributed by atoms with Crippen molar-refractivity contribution in [2.75, 3.05) is 13.2 Å². The SMILES string of the molecule is O=C(O)CCCN1C=c2c[n+](CCCC(=O)O)cc3c2=C(OC1O)C(C(O)CO)C3O. The van der Waals surface area contributed by atoms with Crippen molar-refractivity contribution in [2.24, 2.45) is 5.92 Å². The molecule has 11 nitrogen and oxygen atoms in total. The fourth-order valence-electron chi connectivity index (χ4n) is 3.99. The van der Waals surface area contributed by atoms with E-state index in [9.17, 15) is 30.0 Å². The van der Waals surface area contributed by atoms with Crippen LogP contribution < -0.4 is 15.0 Å². The largest absolute Gasteiger partial charge is 0.481 e. The van der Waals surface area contributed by atoms with E-state index in [0.29, 0.717) is 29.0 Å². The standard InChI is InChI=1S/C20H26N2O9/c23-10-13(24)17-18(29)12-9-21(5-1-3-14(25)26)7-11-8-22(6-2-4-15(27)28)20(30)31-19(17)16(11)12/h7-9,13,17-18,20,23-24,29-30H,1-6,10H2,(H-,25,26,27,28)/p+1. The Morgan fingerprint density at radius 1 is 1.13 bits per heavy atom. The lowest BCUT2D eigenvalue weighted by molar-refractivity contribution is -0.698. The number of rotatable bonds is 10. The van der Waals surface area contributed by atoms with Crippen LogP contribution in [-0.4, -0.2) is 73.1 Å². The minimum atomic E-state index is -1.48. The first-order chi connectivity index (χ1) is 14.7. The maximum absolute atomic E-state index is 10.8. The van der Waals surface area contributed by atoms with Gasteiger partial charge in [-0.15, -0.1) is 0 Å². The average Bonchev–Trinajstić information content (AvgIpc) is 2.89. The van der Waals surface area contributed by atoms with E-state index in [1.807, 2.05) is 0 Å². The normalized spacial score (nSPS) is 22.9. The number of ether oxygens (including phenoxy) is 1. The number of carboxylic acid groups (broad SMARTS) is 2. The highest BCUT2D eigenvalue weighted by Crippen LogP contribution is 2.36. The summed E-state index contributed by atoms with van der Waals surface area (Å²) in [6.45, 7) is -0.0873. The third-order valence-corrected chi connectivity index (χ3v) is 5.43. The van der Waals surface area contributed by atoms with Gasteiger partial charge in [-0.25, -0.2) is 4.57 Å². The van der Waals surface area contributed by atoms with Gasteiger partial charge in [-0.2, -0.15) is 0 Å². The highest BCUT2D eigenvalue weighted by molar-refractivity contribution is 5.66. The van der Waals surface area contributed by atoms with Crippen molar-refractivity contribution in [3.05, 3.63) is 28.4 Å². The summed E-state index contributed by atoms with van der Waals surface area (Å²) in [4.78, 5) is 23.1. The Kier molecular flexibility index (Phi) is 7.11. The number of aromatic nitrogens is 1. The van der Waals surface area contributed by atoms with Crippen LogP contribution in [0, 0.1) is 5.92 Å². The molecule has 2 aliphatic rings. The average molecular weight is 439 g/mol. The summed E-state index contributed by atoms with van der Waals surface area (Å²) in [5, 5.41) is 59.9. The van der Waals surface area contributed by atoms with E-state index >= 15 is 0 Å². The summed E-state index contributed by atoms with van der Waals surface area (Å²) in [6, 6.07) is 0. The zero-order chi connectivity index (χ0) is 22.7. The maximum atomic E-state index is 10.8. The first kappa shape index (κ1) is 22.9. The number of carboxylic acids is 2. The quantitative estimate of drug-likeness (QED) is 0.209. The van der Waals surface area contributed by atoms with E-state index in [1.165, 1.54) is 4.90 Å². The summed E-state index contributed by atoms with van der Waals surface area (Å²) in [6.07, 6.45) is 1.41. The summed E-state index contributed by atoms with van der Waals surface area (Å²) >= 11 is 0. The van der Waals surface area contributed by atoms with Gasteiger partial charge in [0.2, 0.25) is 0 Å². The van der Waals surface area contributed by atoms with E-state index in [0.717, 1.165) is 0 Å². The van der Waals surface area contributed by atoms with Crippen molar-refractivity contribution < 1.29 is 49.5 Å². The van der Waals surface area contributed by atoms with E-state index in [4.69, 9.17) is 14.9 Å². The molecule has 0 radical (unpaired) electrons. The second-order valence-corrected chi connectivity index (χ2v) is 7.67. The van der Waals surface area contributed by atoms with Gasteiger partial charge >= 0.3 is 11.9 Å². The maximum Gasteiger partial charge on any atom is 0.303 e. The van der Waals surface area contributed by atoms with Crippen molar-refractivity contribution in [3.63, 3.8) is 0 Å². The van der Waals surface area contributed by atoms with Crippen LogP contribution in [0.1, 0.15) is 37.4 Å². The number of aliphatic hydroxyl groups excluding tert-OH is 4. The molecule has 1 aromatic rings. The summed E-state index contributed by atoms with van der Waals surface area (Å²) in [5.74, 6) is -2.75. The molecule has 1 aliphatic heterocycles. The molecule has 4 atom stereocenters. The number of nitrogens with zero attached hydrogens (tertiary/aromatic N) is 2. The van der Waals surface area contributed by atoms with Gasteiger partial charge in [0.05, 0.1) is 41.9 Å². The lowest BCUT2D eigenvalue weighted by Crippen LogP contribution is -2.45. The molecule has 1 aromatic heterocycles. The van der Waals surface area contributed by atoms with Crippen LogP contribution in [-0.2, 0) is 20.9 Å². The van der Waals surface area contributed by atoms with Gasteiger partial charge < -0.3 is 40.3 Å². The molecule has 6 N–H and O–H groups in total. The number of carbonyl (C=O) groups is 2. The number of hydrogen-bond acceptors (Lipinski definition) is 8. The van der Waals surface area contributed by atoms with Crippen LogP contribution in [0.4, 0.5) is 0 Å². The molecule has 3 rings (SSSR count). The Bertz CT molecular complexity index is 964. The lowest BCUT2D eigenvalue weighted by Gasteiger charge is -2.29. The fourth-order valence-corrected chi connectivity index (χ4v) is 3.99. The number of aliphatic carboxylic acids is 2. The van der Waals surface area contributed by atoms with Gasteiger partial charge in [-0.3, -0.25) is 9.59 Å². The van der Waals surface area contributed by atoms with Crippen molar-refractivity contribution in [1.29, 1.82) is 0 Å². The smallest absolute Gasteiger partial charge is 0.303 e. The Hall–Kier alpha value is -2.73. The number of pyridine rings is 1. The van der Waals surface area contributed by atoms with E-state index in [1.54, 1.807) is 23.2 Å². The predicted octanol–water partition coefficient (Wildman–Crippen LogP) is -2.83. The monoisotopic (exact) mass is 439 g/mol. The fraction of sp³-hybridized carbons (Fsp3) is 0.550. The minimum absolute atomic E-state index is 0.0297. The molecule has 0 bridgehead atoms. The minimum Gasteiger partial charge on any atom is -0.481 e. The Balaban J connectivity index is 2.05. The number of aryl methyl sites for hydroxylation is 1. The first-order valence-electron chi connectivity index (χ1n) is 10.0. The zero-order valence-electron chi connectivity index (χ0n) is 16.8. The van der Waals surface area contributed by atoms with Crippen molar-refractivity contribution in [1.82, 2.24) is 4.90 Å². The molecule has 0 amide bonds. The van der Waals surface area contributed by atoms with E-state index < -0.39 is 43.1 Å². The molecule has 2 heterocycles. The van der Waals surface area contributed by atoms with Crippen LogP contribution in [0.5, 0.6) is 0 Å². The molecule has 4 unspecified atom stereocenters. The Morgan fingerprint density at radius 2 is 1.81 bits per heavy atom. The summed E-state index contributed by atoms with van der Waals surface area (Å²) in [7, 11) is 0. The third-order valence-electron chi connectivity index (χ3n) is 5.43. The molecule has 170 valence electrons. The molecule has 0 saturated heterocycles. The first-order valence-corrected chi connectivity index (χ1v) is 10.0. The molecule has 0 aromatic carbocycles. The van der Waals surface area contributed by atoms with Crippen molar-refractivity contribution in [3.8, 4) is 0 Å². The number of aliphatic hydroxyl groups is 4. The molecule has 31 heavy (non-hydrogen) atoms. The van der Waals surface area contributed by atoms with Gasteiger partial charge in [-0.05, 0) is 6.42 Å². The molecule has 0 saturated carbocycles. The van der Waals surface area contributed by atoms with Gasteiger partial charge in [-0.1, -0.05) is 0 Å². The van der Waals surface area contributed by atoms with Crippen molar-refractivity contribution in [2.45, 2.75) is 50.8 Å². The predicted molar refractivity (Wildman–Crippen MR) is 103 cm³/mol.